The fraction of sp³-hybridized carbons (Fsp3) is 0.235. The summed E-state index contributed by atoms with van der Waals surface area (Å²) in [5.74, 6) is 0.776. The monoisotopic (exact) mass is 282 g/mol. The van der Waals surface area contributed by atoms with Crippen molar-refractivity contribution in [3.63, 3.8) is 0 Å². The fourth-order valence-electron chi connectivity index (χ4n) is 2.68. The number of amides is 1. The Kier molecular flexibility index (Phi) is 3.62. The van der Waals surface area contributed by atoms with E-state index < -0.39 is 0 Å². The van der Waals surface area contributed by atoms with E-state index in [1.807, 2.05) is 29.2 Å². The molecule has 0 aromatic heterocycles. The first-order valence-electron chi connectivity index (χ1n) is 7.00. The van der Waals surface area contributed by atoms with E-state index in [2.05, 4.69) is 6.07 Å². The van der Waals surface area contributed by atoms with Crippen LogP contribution in [-0.4, -0.2) is 19.6 Å². The van der Waals surface area contributed by atoms with E-state index in [-0.39, 0.29) is 5.91 Å². The van der Waals surface area contributed by atoms with Crippen LogP contribution in [0.2, 0.25) is 0 Å². The van der Waals surface area contributed by atoms with E-state index in [4.69, 9.17) is 10.5 Å². The highest BCUT2D eigenvalue weighted by Crippen LogP contribution is 2.30. The highest BCUT2D eigenvalue weighted by molar-refractivity contribution is 6.07. The minimum Gasteiger partial charge on any atom is -0.497 e. The zero-order chi connectivity index (χ0) is 14.8. The summed E-state index contributed by atoms with van der Waals surface area (Å²) in [7, 11) is 1.61. The molecular weight excluding hydrogens is 264 g/mol. The normalized spacial score (nSPS) is 13.1. The summed E-state index contributed by atoms with van der Waals surface area (Å²) in [6.45, 7) is 1.24. The van der Waals surface area contributed by atoms with Crippen molar-refractivity contribution in [2.45, 2.75) is 13.0 Å². The first-order chi connectivity index (χ1) is 10.2. The molecule has 1 amide bonds. The Bertz CT molecular complexity index is 665. The molecule has 0 atom stereocenters. The average molecular weight is 282 g/mol. The van der Waals surface area contributed by atoms with Crippen molar-refractivity contribution in [3.05, 3.63) is 59.2 Å². The van der Waals surface area contributed by atoms with E-state index in [1.165, 1.54) is 5.56 Å². The van der Waals surface area contributed by atoms with E-state index in [1.54, 1.807) is 19.2 Å². The maximum absolute atomic E-state index is 12.6. The van der Waals surface area contributed by atoms with Crippen molar-refractivity contribution in [3.8, 4) is 5.75 Å². The third kappa shape index (κ3) is 2.50. The lowest BCUT2D eigenvalue weighted by Crippen LogP contribution is -2.28. The molecule has 0 aliphatic carbocycles. The van der Waals surface area contributed by atoms with Gasteiger partial charge in [0.1, 0.15) is 5.75 Å². The predicted octanol–water partition coefficient (Wildman–Crippen LogP) is 2.36. The van der Waals surface area contributed by atoms with Crippen molar-refractivity contribution in [1.82, 2.24) is 0 Å². The van der Waals surface area contributed by atoms with Crippen LogP contribution in [0, 0.1) is 0 Å². The second-order valence-corrected chi connectivity index (χ2v) is 5.10. The Labute approximate surface area is 124 Å². The Balaban J connectivity index is 1.87. The smallest absolute Gasteiger partial charge is 0.258 e. The largest absolute Gasteiger partial charge is 0.497 e. The van der Waals surface area contributed by atoms with Gasteiger partial charge < -0.3 is 15.4 Å². The lowest BCUT2D eigenvalue weighted by molar-refractivity contribution is 0.0989. The number of benzene rings is 2. The highest BCUT2D eigenvalue weighted by Gasteiger charge is 2.25. The van der Waals surface area contributed by atoms with Crippen LogP contribution >= 0.6 is 0 Å². The maximum atomic E-state index is 12.6. The van der Waals surface area contributed by atoms with Crippen LogP contribution in [0.5, 0.6) is 5.75 Å². The fourth-order valence-corrected chi connectivity index (χ4v) is 2.68. The van der Waals surface area contributed by atoms with E-state index in [0.717, 1.165) is 23.4 Å². The molecule has 0 saturated carbocycles. The van der Waals surface area contributed by atoms with Gasteiger partial charge in [-0.3, -0.25) is 4.79 Å². The summed E-state index contributed by atoms with van der Waals surface area (Å²) >= 11 is 0. The number of anilines is 1. The molecule has 4 heteroatoms. The highest BCUT2D eigenvalue weighted by atomic mass is 16.5. The average Bonchev–Trinajstić information content (AvgIpc) is 2.97. The van der Waals surface area contributed by atoms with Gasteiger partial charge in [-0.25, -0.2) is 0 Å². The number of ether oxygens (including phenoxy) is 1. The van der Waals surface area contributed by atoms with Crippen molar-refractivity contribution in [2.75, 3.05) is 18.6 Å². The number of carbonyl (C=O) groups is 1. The molecule has 108 valence electrons. The van der Waals surface area contributed by atoms with E-state index in [0.29, 0.717) is 18.7 Å². The number of methoxy groups -OCH3 is 1. The first-order valence-corrected chi connectivity index (χ1v) is 7.00. The van der Waals surface area contributed by atoms with Gasteiger partial charge in [-0.15, -0.1) is 0 Å². The van der Waals surface area contributed by atoms with Crippen LogP contribution in [0.3, 0.4) is 0 Å². The summed E-state index contributed by atoms with van der Waals surface area (Å²) in [5, 5.41) is 0. The third-order valence-electron chi connectivity index (χ3n) is 3.86. The third-order valence-corrected chi connectivity index (χ3v) is 3.86. The van der Waals surface area contributed by atoms with Crippen molar-refractivity contribution < 1.29 is 9.53 Å². The molecule has 1 aliphatic rings. The van der Waals surface area contributed by atoms with Gasteiger partial charge in [-0.05, 0) is 47.9 Å². The number of carbonyl (C=O) groups excluding carboxylic acids is 1. The van der Waals surface area contributed by atoms with Gasteiger partial charge in [0, 0.05) is 24.3 Å². The van der Waals surface area contributed by atoms with Gasteiger partial charge in [-0.2, -0.15) is 0 Å². The van der Waals surface area contributed by atoms with E-state index in [9.17, 15) is 4.79 Å². The number of nitrogens with zero attached hydrogens (tertiary/aromatic N) is 1. The summed E-state index contributed by atoms with van der Waals surface area (Å²) in [5.41, 5.74) is 9.63. The molecular formula is C17H18N2O2. The lowest BCUT2D eigenvalue weighted by atomic mass is 10.1. The van der Waals surface area contributed by atoms with Crippen LogP contribution in [0.4, 0.5) is 5.69 Å². The molecule has 0 spiro atoms. The van der Waals surface area contributed by atoms with Gasteiger partial charge in [0.2, 0.25) is 0 Å². The maximum Gasteiger partial charge on any atom is 0.258 e. The van der Waals surface area contributed by atoms with Crippen LogP contribution in [0.25, 0.3) is 0 Å². The predicted molar refractivity (Wildman–Crippen MR) is 82.7 cm³/mol. The van der Waals surface area contributed by atoms with Gasteiger partial charge in [0.25, 0.3) is 5.91 Å². The zero-order valence-electron chi connectivity index (χ0n) is 12.0. The summed E-state index contributed by atoms with van der Waals surface area (Å²) in [4.78, 5) is 14.5. The quantitative estimate of drug-likeness (QED) is 0.940. The SMILES string of the molecule is COc1ccc(C(=O)N2CCc3cc(CN)ccc32)cc1. The Morgan fingerprint density at radius 3 is 2.67 bits per heavy atom. The molecule has 0 saturated heterocycles. The van der Waals surface area contributed by atoms with Gasteiger partial charge in [0.05, 0.1) is 7.11 Å². The number of hydrogen-bond acceptors (Lipinski definition) is 3. The van der Waals surface area contributed by atoms with Gasteiger partial charge in [-0.1, -0.05) is 12.1 Å². The topological polar surface area (TPSA) is 55.6 Å². The molecule has 2 aromatic carbocycles. The summed E-state index contributed by atoms with van der Waals surface area (Å²) in [6, 6.07) is 13.3. The summed E-state index contributed by atoms with van der Waals surface area (Å²) < 4.78 is 5.12. The number of fused-ring (bicyclic) bond motifs is 1. The second-order valence-electron chi connectivity index (χ2n) is 5.10. The second kappa shape index (κ2) is 5.58. The van der Waals surface area contributed by atoms with Gasteiger partial charge in [0.15, 0.2) is 0 Å². The molecule has 0 fully saturated rings. The molecule has 4 nitrogen and oxygen atoms in total. The van der Waals surface area contributed by atoms with Gasteiger partial charge >= 0.3 is 0 Å². The Morgan fingerprint density at radius 1 is 1.24 bits per heavy atom. The molecule has 0 unspecified atom stereocenters. The minimum atomic E-state index is 0.0249. The van der Waals surface area contributed by atoms with Crippen LogP contribution < -0.4 is 15.4 Å². The minimum absolute atomic E-state index is 0.0249. The zero-order valence-corrected chi connectivity index (χ0v) is 12.0. The van der Waals surface area contributed by atoms with Crippen LogP contribution in [0.15, 0.2) is 42.5 Å². The lowest BCUT2D eigenvalue weighted by Gasteiger charge is -2.17. The molecule has 2 N–H and O–H groups in total. The Hall–Kier alpha value is -2.33. The number of hydrogen-bond donors (Lipinski definition) is 1. The molecule has 0 bridgehead atoms. The first kappa shape index (κ1) is 13.6. The van der Waals surface area contributed by atoms with Crippen molar-refractivity contribution in [1.29, 1.82) is 0 Å². The molecule has 0 radical (unpaired) electrons. The van der Waals surface area contributed by atoms with Crippen molar-refractivity contribution in [2.24, 2.45) is 5.73 Å². The van der Waals surface area contributed by atoms with Crippen LogP contribution in [-0.2, 0) is 13.0 Å². The number of nitrogens with two attached hydrogens (primary N) is 1. The molecule has 1 aliphatic heterocycles. The summed E-state index contributed by atoms with van der Waals surface area (Å²) in [6.07, 6.45) is 0.880. The van der Waals surface area contributed by atoms with Crippen molar-refractivity contribution >= 4 is 11.6 Å². The molecule has 21 heavy (non-hydrogen) atoms. The number of rotatable bonds is 3. The molecule has 1 heterocycles. The van der Waals surface area contributed by atoms with E-state index >= 15 is 0 Å². The van der Waals surface area contributed by atoms with Crippen LogP contribution in [0.1, 0.15) is 21.5 Å². The standard InChI is InChI=1S/C17H18N2O2/c1-21-15-5-3-13(4-6-15)17(20)19-9-8-14-10-12(11-18)2-7-16(14)19/h2-7,10H,8-9,11,18H2,1H3. The molecule has 2 aromatic rings. The Morgan fingerprint density at radius 2 is 2.00 bits per heavy atom. The molecule has 3 rings (SSSR count).